The zero-order valence-electron chi connectivity index (χ0n) is 15.0. The summed E-state index contributed by atoms with van der Waals surface area (Å²) >= 11 is 0. The maximum absolute atomic E-state index is 13.5. The molecule has 0 saturated carbocycles. The molecule has 2 aromatic carbocycles. The van der Waals surface area contributed by atoms with Crippen LogP contribution in [-0.2, 0) is 5.41 Å². The molecule has 2 nitrogen and oxygen atoms in total. The van der Waals surface area contributed by atoms with Crippen LogP contribution in [0.4, 0.5) is 4.39 Å². The van der Waals surface area contributed by atoms with Crippen LogP contribution in [0, 0.1) is 5.82 Å². The predicted octanol–water partition coefficient (Wildman–Crippen LogP) is 4.22. The molecule has 0 amide bonds. The molecule has 1 N–H and O–H groups in total. The SMILES string of the molecule is CCC(O)[C@@](C[C@H](C)N(C)C)(c1ccccc1)c1ccc(F)cc1. The van der Waals surface area contributed by atoms with E-state index in [0.717, 1.165) is 17.5 Å². The van der Waals surface area contributed by atoms with Crippen molar-refractivity contribution in [3.63, 3.8) is 0 Å². The van der Waals surface area contributed by atoms with Crippen LogP contribution in [0.15, 0.2) is 54.6 Å². The molecule has 0 aliphatic heterocycles. The third-order valence-electron chi connectivity index (χ3n) is 5.10. The Balaban J connectivity index is 2.66. The molecule has 2 aromatic rings. The molecule has 0 bridgehead atoms. The van der Waals surface area contributed by atoms with Gasteiger partial charge in [-0.3, -0.25) is 0 Å². The Kier molecular flexibility index (Phi) is 6.14. The summed E-state index contributed by atoms with van der Waals surface area (Å²) in [4.78, 5) is 2.16. The molecule has 0 aliphatic rings. The lowest BCUT2D eigenvalue weighted by molar-refractivity contribution is 0.0773. The fourth-order valence-electron chi connectivity index (χ4n) is 3.40. The minimum Gasteiger partial charge on any atom is -0.392 e. The van der Waals surface area contributed by atoms with Crippen LogP contribution in [0.5, 0.6) is 0 Å². The maximum Gasteiger partial charge on any atom is 0.123 e. The van der Waals surface area contributed by atoms with Crippen LogP contribution >= 0.6 is 0 Å². The average Bonchev–Trinajstić information content (AvgIpc) is 2.60. The van der Waals surface area contributed by atoms with Gasteiger partial charge in [-0.2, -0.15) is 0 Å². The number of halogens is 1. The normalized spacial score (nSPS) is 16.6. The zero-order valence-corrected chi connectivity index (χ0v) is 15.0. The van der Waals surface area contributed by atoms with Gasteiger partial charge in [0.25, 0.3) is 0 Å². The topological polar surface area (TPSA) is 23.5 Å². The Morgan fingerprint density at radius 2 is 1.54 bits per heavy atom. The van der Waals surface area contributed by atoms with E-state index >= 15 is 0 Å². The predicted molar refractivity (Wildman–Crippen MR) is 97.7 cm³/mol. The molecule has 130 valence electrons. The molecule has 3 atom stereocenters. The maximum atomic E-state index is 13.5. The van der Waals surface area contributed by atoms with Crippen molar-refractivity contribution >= 4 is 0 Å². The highest BCUT2D eigenvalue weighted by Gasteiger charge is 2.41. The van der Waals surface area contributed by atoms with Crippen LogP contribution in [0.2, 0.25) is 0 Å². The Morgan fingerprint density at radius 1 is 1.00 bits per heavy atom. The van der Waals surface area contributed by atoms with E-state index in [9.17, 15) is 9.50 Å². The number of benzene rings is 2. The number of aliphatic hydroxyl groups excluding tert-OH is 1. The lowest BCUT2D eigenvalue weighted by atomic mass is 9.66. The Hall–Kier alpha value is -1.71. The summed E-state index contributed by atoms with van der Waals surface area (Å²) in [5.74, 6) is -0.257. The third-order valence-corrected chi connectivity index (χ3v) is 5.10. The highest BCUT2D eigenvalue weighted by atomic mass is 19.1. The molecular formula is C21H28FNO. The zero-order chi connectivity index (χ0) is 17.7. The minimum atomic E-state index is -0.562. The monoisotopic (exact) mass is 329 g/mol. The van der Waals surface area contributed by atoms with E-state index in [4.69, 9.17) is 0 Å². The van der Waals surface area contributed by atoms with Gasteiger partial charge in [0.2, 0.25) is 0 Å². The summed E-state index contributed by atoms with van der Waals surface area (Å²) in [5, 5.41) is 11.1. The van der Waals surface area contributed by atoms with Crippen molar-refractivity contribution in [1.29, 1.82) is 0 Å². The molecule has 0 saturated heterocycles. The van der Waals surface area contributed by atoms with Crippen molar-refractivity contribution in [2.24, 2.45) is 0 Å². The van der Waals surface area contributed by atoms with Gasteiger partial charge in [-0.1, -0.05) is 49.4 Å². The summed E-state index contributed by atoms with van der Waals surface area (Å²) < 4.78 is 13.5. The van der Waals surface area contributed by atoms with Gasteiger partial charge in [-0.15, -0.1) is 0 Å². The molecule has 24 heavy (non-hydrogen) atoms. The lowest BCUT2D eigenvalue weighted by Gasteiger charge is -2.42. The highest BCUT2D eigenvalue weighted by Crippen LogP contribution is 2.41. The quantitative estimate of drug-likeness (QED) is 0.822. The molecule has 0 fully saturated rings. The Labute approximate surface area is 144 Å². The van der Waals surface area contributed by atoms with Gasteiger partial charge < -0.3 is 10.0 Å². The third kappa shape index (κ3) is 3.68. The second-order valence-corrected chi connectivity index (χ2v) is 6.79. The fraction of sp³-hybridized carbons (Fsp3) is 0.429. The van der Waals surface area contributed by atoms with Crippen molar-refractivity contribution in [3.05, 3.63) is 71.5 Å². The first kappa shape index (κ1) is 18.6. The van der Waals surface area contributed by atoms with Gasteiger partial charge in [0.1, 0.15) is 5.82 Å². The molecular weight excluding hydrogens is 301 g/mol. The van der Waals surface area contributed by atoms with Crippen molar-refractivity contribution in [2.45, 2.75) is 44.2 Å². The fourth-order valence-corrected chi connectivity index (χ4v) is 3.40. The van der Waals surface area contributed by atoms with E-state index in [-0.39, 0.29) is 11.9 Å². The van der Waals surface area contributed by atoms with Crippen LogP contribution < -0.4 is 0 Å². The standard InChI is InChI=1S/C21H28FNO/c1-5-20(24)21(15-16(2)23(3)4,17-9-7-6-8-10-17)18-11-13-19(22)14-12-18/h6-14,16,20,24H,5,15H2,1-4H3/t16-,20?,21-/m0/s1. The van der Waals surface area contributed by atoms with Crippen molar-refractivity contribution in [3.8, 4) is 0 Å². The van der Waals surface area contributed by atoms with Crippen LogP contribution in [-0.4, -0.2) is 36.2 Å². The number of hydrogen-bond donors (Lipinski definition) is 1. The molecule has 0 radical (unpaired) electrons. The molecule has 3 heteroatoms. The van der Waals surface area contributed by atoms with Gasteiger partial charge in [0.05, 0.1) is 6.10 Å². The van der Waals surface area contributed by atoms with E-state index in [2.05, 4.69) is 24.0 Å². The molecule has 0 spiro atoms. The summed E-state index contributed by atoms with van der Waals surface area (Å²) in [7, 11) is 4.09. The smallest absolute Gasteiger partial charge is 0.123 e. The van der Waals surface area contributed by atoms with Gasteiger partial charge in [0.15, 0.2) is 0 Å². The van der Waals surface area contributed by atoms with Crippen molar-refractivity contribution in [1.82, 2.24) is 4.90 Å². The molecule has 0 aromatic heterocycles. The summed E-state index contributed by atoms with van der Waals surface area (Å²) in [6.45, 7) is 4.15. The Morgan fingerprint density at radius 3 is 2.04 bits per heavy atom. The van der Waals surface area contributed by atoms with Gasteiger partial charge in [-0.25, -0.2) is 4.39 Å². The van der Waals surface area contributed by atoms with E-state index < -0.39 is 11.5 Å². The molecule has 0 heterocycles. The van der Waals surface area contributed by atoms with Crippen LogP contribution in [0.1, 0.15) is 37.8 Å². The number of hydrogen-bond acceptors (Lipinski definition) is 2. The first-order valence-electron chi connectivity index (χ1n) is 8.58. The number of aliphatic hydroxyl groups is 1. The molecule has 1 unspecified atom stereocenters. The Bertz CT molecular complexity index is 626. The lowest BCUT2D eigenvalue weighted by Crippen LogP contribution is -2.45. The molecule has 0 aliphatic carbocycles. The van der Waals surface area contributed by atoms with Crippen LogP contribution in [0.3, 0.4) is 0 Å². The van der Waals surface area contributed by atoms with Crippen LogP contribution in [0.25, 0.3) is 0 Å². The van der Waals surface area contributed by atoms with Crippen molar-refractivity contribution < 1.29 is 9.50 Å². The second-order valence-electron chi connectivity index (χ2n) is 6.79. The van der Waals surface area contributed by atoms with E-state index in [1.165, 1.54) is 12.1 Å². The summed E-state index contributed by atoms with van der Waals surface area (Å²) in [5.41, 5.74) is 1.46. The van der Waals surface area contributed by atoms with Gasteiger partial charge >= 0.3 is 0 Å². The van der Waals surface area contributed by atoms with E-state index in [1.807, 2.05) is 51.4 Å². The number of rotatable bonds is 7. The summed E-state index contributed by atoms with van der Waals surface area (Å²) in [6.07, 6.45) is 0.838. The largest absolute Gasteiger partial charge is 0.392 e. The first-order valence-corrected chi connectivity index (χ1v) is 8.58. The van der Waals surface area contributed by atoms with E-state index in [1.54, 1.807) is 0 Å². The van der Waals surface area contributed by atoms with Gasteiger partial charge in [-0.05, 0) is 57.1 Å². The number of nitrogens with zero attached hydrogens (tertiary/aromatic N) is 1. The minimum absolute atomic E-state index is 0.257. The first-order chi connectivity index (χ1) is 11.4. The summed E-state index contributed by atoms with van der Waals surface area (Å²) in [6, 6.07) is 16.9. The second kappa shape index (κ2) is 7.91. The van der Waals surface area contributed by atoms with Gasteiger partial charge in [0, 0.05) is 11.5 Å². The molecule has 2 rings (SSSR count). The van der Waals surface area contributed by atoms with E-state index in [0.29, 0.717) is 6.42 Å². The average molecular weight is 329 g/mol. The van der Waals surface area contributed by atoms with Crippen molar-refractivity contribution in [2.75, 3.05) is 14.1 Å². The highest BCUT2D eigenvalue weighted by molar-refractivity contribution is 5.41.